The average molecular weight is 374 g/mol. The van der Waals surface area contributed by atoms with Crippen molar-refractivity contribution in [3.8, 4) is 11.8 Å². The van der Waals surface area contributed by atoms with E-state index < -0.39 is 11.6 Å². The maximum absolute atomic E-state index is 14.5. The number of halogens is 3. The van der Waals surface area contributed by atoms with Crippen LogP contribution >= 0.6 is 0 Å². The van der Waals surface area contributed by atoms with Crippen molar-refractivity contribution in [1.29, 1.82) is 0 Å². The maximum Gasteiger partial charge on any atom is 0.142 e. The van der Waals surface area contributed by atoms with E-state index in [0.717, 1.165) is 62.8 Å². The molecule has 0 heterocycles. The second kappa shape index (κ2) is 9.49. The summed E-state index contributed by atoms with van der Waals surface area (Å²) in [6, 6.07) is 2.99. The molecular weight excluding hydrogens is 345 g/mol. The molecule has 0 nitrogen and oxygen atoms in total. The lowest BCUT2D eigenvalue weighted by Crippen LogP contribution is -2.13. The zero-order valence-corrected chi connectivity index (χ0v) is 16.1. The molecule has 0 aliphatic heterocycles. The Bertz CT molecular complexity index is 686. The molecule has 0 atom stereocenters. The first kappa shape index (κ1) is 20.1. The highest BCUT2D eigenvalue weighted by Gasteiger charge is 2.23. The molecule has 0 radical (unpaired) electrons. The molecule has 0 aromatic heterocycles. The zero-order chi connectivity index (χ0) is 19.2. The first-order valence-electron chi connectivity index (χ1n) is 10.4. The molecule has 1 aromatic carbocycles. The van der Waals surface area contributed by atoms with E-state index in [2.05, 4.69) is 18.8 Å². The molecule has 1 aromatic rings. The van der Waals surface area contributed by atoms with E-state index in [1.165, 1.54) is 18.6 Å². The molecule has 0 N–H and O–H groups in total. The van der Waals surface area contributed by atoms with Crippen LogP contribution in [0.5, 0.6) is 0 Å². The van der Waals surface area contributed by atoms with Crippen LogP contribution in [0, 0.1) is 41.2 Å². The van der Waals surface area contributed by atoms with Gasteiger partial charge in [-0.2, -0.15) is 0 Å². The van der Waals surface area contributed by atoms with Gasteiger partial charge < -0.3 is 0 Å². The molecule has 27 heavy (non-hydrogen) atoms. The summed E-state index contributed by atoms with van der Waals surface area (Å²) < 4.78 is 41.3. The lowest BCUT2D eigenvalue weighted by molar-refractivity contribution is 0.318. The normalized spacial score (nSPS) is 28.7. The molecule has 3 rings (SSSR count). The second-order valence-electron chi connectivity index (χ2n) is 8.18. The van der Waals surface area contributed by atoms with Crippen molar-refractivity contribution in [2.24, 2.45) is 17.8 Å². The Balaban J connectivity index is 1.66. The van der Waals surface area contributed by atoms with Gasteiger partial charge >= 0.3 is 0 Å². The van der Waals surface area contributed by atoms with Crippen LogP contribution in [0.3, 0.4) is 0 Å². The van der Waals surface area contributed by atoms with E-state index in [0.29, 0.717) is 6.33 Å². The van der Waals surface area contributed by atoms with Crippen molar-refractivity contribution in [1.82, 2.24) is 0 Å². The first-order valence-corrected chi connectivity index (χ1v) is 10.4. The molecule has 0 bridgehead atoms. The van der Waals surface area contributed by atoms with Gasteiger partial charge in [0.25, 0.3) is 0 Å². The van der Waals surface area contributed by atoms with Crippen LogP contribution in [0.25, 0.3) is 0 Å². The van der Waals surface area contributed by atoms with E-state index in [1.54, 1.807) is 6.08 Å². The Morgan fingerprint density at radius 3 is 2.15 bits per heavy atom. The molecule has 2 fully saturated rings. The second-order valence-corrected chi connectivity index (χ2v) is 8.18. The van der Waals surface area contributed by atoms with Crippen LogP contribution in [-0.2, 0) is 0 Å². The topological polar surface area (TPSA) is 0 Å². The lowest BCUT2D eigenvalue weighted by atomic mass is 9.77. The van der Waals surface area contributed by atoms with Crippen LogP contribution in [0.1, 0.15) is 81.8 Å². The Hall–Kier alpha value is -1.69. The molecule has 0 saturated heterocycles. The highest BCUT2D eigenvalue weighted by Crippen LogP contribution is 2.37. The molecule has 0 amide bonds. The lowest BCUT2D eigenvalue weighted by Gasteiger charge is -2.28. The number of hydrogen-bond acceptors (Lipinski definition) is 0. The van der Waals surface area contributed by atoms with Gasteiger partial charge in [-0.25, -0.2) is 13.2 Å². The quantitative estimate of drug-likeness (QED) is 0.487. The van der Waals surface area contributed by atoms with Gasteiger partial charge in [0.1, 0.15) is 11.6 Å². The summed E-state index contributed by atoms with van der Waals surface area (Å²) in [5.74, 6) is 6.15. The predicted octanol–water partition coefficient (Wildman–Crippen LogP) is 7.29. The summed E-state index contributed by atoms with van der Waals surface area (Å²) in [7, 11) is 0. The van der Waals surface area contributed by atoms with Gasteiger partial charge in [0.05, 0.1) is 11.9 Å². The van der Waals surface area contributed by atoms with Crippen molar-refractivity contribution in [2.75, 3.05) is 0 Å². The average Bonchev–Trinajstić information content (AvgIpc) is 2.69. The number of allylic oxidation sites excluding steroid dienone is 1. The fraction of sp³-hybridized carbons (Fsp3) is 0.583. The van der Waals surface area contributed by atoms with E-state index >= 15 is 0 Å². The third-order valence-electron chi connectivity index (χ3n) is 6.48. The summed E-state index contributed by atoms with van der Waals surface area (Å²) in [5, 5.41) is 0. The minimum Gasteiger partial charge on any atom is -0.216 e. The van der Waals surface area contributed by atoms with Crippen LogP contribution < -0.4 is 0 Å². The Morgan fingerprint density at radius 2 is 1.59 bits per heavy atom. The zero-order valence-electron chi connectivity index (χ0n) is 16.1. The fourth-order valence-electron chi connectivity index (χ4n) is 4.58. The van der Waals surface area contributed by atoms with Gasteiger partial charge in [-0.05, 0) is 86.8 Å². The predicted molar refractivity (Wildman–Crippen MR) is 104 cm³/mol. The summed E-state index contributed by atoms with van der Waals surface area (Å²) in [4.78, 5) is 0. The minimum atomic E-state index is -0.538. The minimum absolute atomic E-state index is 0.105. The number of benzene rings is 1. The monoisotopic (exact) mass is 374 g/mol. The molecule has 2 aliphatic carbocycles. The molecule has 3 heteroatoms. The molecular formula is C24H29F3. The van der Waals surface area contributed by atoms with Crippen LogP contribution in [-0.4, -0.2) is 0 Å². The highest BCUT2D eigenvalue weighted by molar-refractivity contribution is 5.40. The van der Waals surface area contributed by atoms with Gasteiger partial charge in [-0.1, -0.05) is 31.3 Å². The van der Waals surface area contributed by atoms with Crippen molar-refractivity contribution >= 4 is 0 Å². The van der Waals surface area contributed by atoms with E-state index in [-0.39, 0.29) is 23.3 Å². The van der Waals surface area contributed by atoms with E-state index in [4.69, 9.17) is 0 Å². The van der Waals surface area contributed by atoms with Gasteiger partial charge in [-0.3, -0.25) is 0 Å². The summed E-state index contributed by atoms with van der Waals surface area (Å²) in [6.45, 7) is 2.21. The molecule has 0 unspecified atom stereocenters. The Morgan fingerprint density at radius 1 is 0.963 bits per heavy atom. The van der Waals surface area contributed by atoms with Crippen LogP contribution in [0.4, 0.5) is 13.2 Å². The van der Waals surface area contributed by atoms with Crippen molar-refractivity contribution in [3.05, 3.63) is 47.3 Å². The van der Waals surface area contributed by atoms with Crippen molar-refractivity contribution < 1.29 is 13.2 Å². The largest absolute Gasteiger partial charge is 0.216 e. The van der Waals surface area contributed by atoms with Crippen molar-refractivity contribution in [2.45, 2.75) is 70.6 Å². The maximum atomic E-state index is 14.5. The number of rotatable bonds is 3. The standard InChI is InChI=1S/C24H29F3/c1-2-17-7-10-20(11-8-17)21-15-23(26)22(24(27)16-21)12-9-18-3-5-19(6-4-18)13-14-25/h13-20H,2-8,10-11H2,1H3/b14-13+/t17-,18?,19?,20-. The van der Waals surface area contributed by atoms with E-state index in [9.17, 15) is 13.2 Å². The third-order valence-corrected chi connectivity index (χ3v) is 6.48. The van der Waals surface area contributed by atoms with Gasteiger partial charge in [-0.15, -0.1) is 0 Å². The first-order chi connectivity index (χ1) is 13.1. The summed E-state index contributed by atoms with van der Waals surface area (Å²) >= 11 is 0. The smallest absolute Gasteiger partial charge is 0.142 e. The Kier molecular flexibility index (Phi) is 7.05. The van der Waals surface area contributed by atoms with E-state index in [1.807, 2.05) is 0 Å². The number of hydrogen-bond donors (Lipinski definition) is 0. The SMILES string of the molecule is CC[C@H]1CC[C@H](c2cc(F)c(C#CC3CCC(/C=C/F)CC3)c(F)c2)CC1. The Labute approximate surface area is 161 Å². The molecule has 2 saturated carbocycles. The summed E-state index contributed by atoms with van der Waals surface area (Å²) in [6.07, 6.45) is 11.2. The van der Waals surface area contributed by atoms with Crippen molar-refractivity contribution in [3.63, 3.8) is 0 Å². The summed E-state index contributed by atoms with van der Waals surface area (Å²) in [5.41, 5.74) is 0.676. The fourth-order valence-corrected chi connectivity index (χ4v) is 4.58. The highest BCUT2D eigenvalue weighted by atomic mass is 19.1. The molecule has 2 aliphatic rings. The van der Waals surface area contributed by atoms with Crippen LogP contribution in [0.15, 0.2) is 24.5 Å². The third kappa shape index (κ3) is 5.18. The van der Waals surface area contributed by atoms with Gasteiger partial charge in [0.2, 0.25) is 0 Å². The van der Waals surface area contributed by atoms with Gasteiger partial charge in [0.15, 0.2) is 0 Å². The molecule has 0 spiro atoms. The van der Waals surface area contributed by atoms with Gasteiger partial charge in [0, 0.05) is 5.92 Å². The molecule has 146 valence electrons. The van der Waals surface area contributed by atoms with Crippen LogP contribution in [0.2, 0.25) is 0 Å².